The number of nitrogens with zero attached hydrogens (tertiary/aromatic N) is 2. The Morgan fingerprint density at radius 2 is 1.85 bits per heavy atom. The van der Waals surface area contributed by atoms with Crippen molar-refractivity contribution in [2.24, 2.45) is 0 Å². The summed E-state index contributed by atoms with van der Waals surface area (Å²) < 4.78 is 12.2. The summed E-state index contributed by atoms with van der Waals surface area (Å²) in [5.74, 6) is 1.07. The van der Waals surface area contributed by atoms with Crippen molar-refractivity contribution in [1.82, 2.24) is 9.55 Å². The predicted octanol–water partition coefficient (Wildman–Crippen LogP) is 4.56. The summed E-state index contributed by atoms with van der Waals surface area (Å²) in [5.41, 5.74) is 1.80. The highest BCUT2D eigenvalue weighted by molar-refractivity contribution is 7.99. The van der Waals surface area contributed by atoms with Gasteiger partial charge in [-0.3, -0.25) is 14.2 Å². The van der Waals surface area contributed by atoms with Crippen LogP contribution in [0.2, 0.25) is 5.02 Å². The first-order chi connectivity index (χ1) is 16.1. The molecule has 0 spiro atoms. The summed E-state index contributed by atoms with van der Waals surface area (Å²) in [6, 6.07) is 19.7. The highest BCUT2D eigenvalue weighted by Crippen LogP contribution is 2.34. The van der Waals surface area contributed by atoms with E-state index in [9.17, 15) is 9.59 Å². The Labute approximate surface area is 198 Å². The third-order valence-electron chi connectivity index (χ3n) is 5.10. The van der Waals surface area contributed by atoms with E-state index < -0.39 is 0 Å². The molecule has 7 nitrogen and oxygen atoms in total. The summed E-state index contributed by atoms with van der Waals surface area (Å²) in [5, 5.41) is 4.36. The first-order valence-electron chi connectivity index (χ1n) is 10.1. The summed E-state index contributed by atoms with van der Waals surface area (Å²) in [6.45, 7) is 0.418. The van der Waals surface area contributed by atoms with E-state index in [-0.39, 0.29) is 30.6 Å². The monoisotopic (exact) mass is 479 g/mol. The smallest absolute Gasteiger partial charge is 0.262 e. The fourth-order valence-corrected chi connectivity index (χ4v) is 4.49. The van der Waals surface area contributed by atoms with Crippen LogP contribution in [0.15, 0.2) is 76.7 Å². The molecular formula is C24H18ClN3O4S. The van der Waals surface area contributed by atoms with Crippen molar-refractivity contribution >= 4 is 45.9 Å². The van der Waals surface area contributed by atoms with Gasteiger partial charge < -0.3 is 14.8 Å². The fraction of sp³-hybridized carbons (Fsp3) is 0.125. The number of benzene rings is 3. The number of para-hydroxylation sites is 1. The van der Waals surface area contributed by atoms with E-state index in [0.29, 0.717) is 38.3 Å². The van der Waals surface area contributed by atoms with E-state index in [1.165, 1.54) is 11.8 Å². The second-order valence-electron chi connectivity index (χ2n) is 7.30. The number of hydrogen-bond acceptors (Lipinski definition) is 6. The van der Waals surface area contributed by atoms with Gasteiger partial charge in [-0.25, -0.2) is 4.98 Å². The van der Waals surface area contributed by atoms with E-state index in [1.807, 2.05) is 24.3 Å². The van der Waals surface area contributed by atoms with Crippen molar-refractivity contribution in [2.45, 2.75) is 11.7 Å². The molecule has 0 atom stereocenters. The third-order valence-corrected chi connectivity index (χ3v) is 6.45. The highest BCUT2D eigenvalue weighted by atomic mass is 35.5. The van der Waals surface area contributed by atoms with Crippen LogP contribution in [0.4, 0.5) is 5.69 Å². The van der Waals surface area contributed by atoms with Gasteiger partial charge in [0.25, 0.3) is 5.56 Å². The number of nitrogens with one attached hydrogen (secondary N) is 1. The van der Waals surface area contributed by atoms with Gasteiger partial charge in [0.1, 0.15) is 0 Å². The summed E-state index contributed by atoms with van der Waals surface area (Å²) >= 11 is 7.52. The lowest BCUT2D eigenvalue weighted by molar-refractivity contribution is -0.113. The number of halogens is 1. The van der Waals surface area contributed by atoms with Gasteiger partial charge in [0.2, 0.25) is 12.7 Å². The molecule has 0 bridgehead atoms. The van der Waals surface area contributed by atoms with E-state index in [4.69, 9.17) is 21.1 Å². The Bertz CT molecular complexity index is 1420. The summed E-state index contributed by atoms with van der Waals surface area (Å²) in [4.78, 5) is 30.5. The molecule has 3 aromatic carbocycles. The first kappa shape index (κ1) is 21.4. The lowest BCUT2D eigenvalue weighted by atomic mass is 10.2. The second kappa shape index (κ2) is 9.17. The molecule has 4 aromatic rings. The molecule has 1 amide bonds. The standard InChI is InChI=1S/C24H18ClN3O4S/c25-18-7-3-1-5-15(18)12-28-23(30)17-6-2-4-8-19(17)27-24(28)33-13-22(29)26-16-9-10-20-21(11-16)32-14-31-20/h1-11H,12-14H2,(H,26,29). The second-order valence-corrected chi connectivity index (χ2v) is 8.65. The maximum absolute atomic E-state index is 13.2. The number of amides is 1. The van der Waals surface area contributed by atoms with Crippen molar-refractivity contribution in [3.8, 4) is 11.5 Å². The van der Waals surface area contributed by atoms with E-state index in [0.717, 1.165) is 5.56 Å². The molecule has 0 radical (unpaired) electrons. The number of ether oxygens (including phenoxy) is 2. The Balaban J connectivity index is 1.40. The van der Waals surface area contributed by atoms with Crippen molar-refractivity contribution in [3.05, 3.63) is 87.7 Å². The Kier molecular flexibility index (Phi) is 5.93. The normalized spacial score (nSPS) is 12.2. The van der Waals surface area contributed by atoms with E-state index in [1.54, 1.807) is 47.0 Å². The minimum Gasteiger partial charge on any atom is -0.454 e. The third kappa shape index (κ3) is 4.53. The van der Waals surface area contributed by atoms with E-state index >= 15 is 0 Å². The molecule has 2 heterocycles. The lowest BCUT2D eigenvalue weighted by Gasteiger charge is -2.14. The minimum absolute atomic E-state index is 0.0712. The SMILES string of the molecule is O=C(CSc1nc2ccccc2c(=O)n1Cc1ccccc1Cl)Nc1ccc2c(c1)OCO2. The Morgan fingerprint density at radius 3 is 2.73 bits per heavy atom. The van der Waals surface area contributed by atoms with Gasteiger partial charge >= 0.3 is 0 Å². The highest BCUT2D eigenvalue weighted by Gasteiger charge is 2.17. The van der Waals surface area contributed by atoms with Crippen molar-refractivity contribution in [3.63, 3.8) is 0 Å². The van der Waals surface area contributed by atoms with Gasteiger partial charge in [-0.15, -0.1) is 0 Å². The van der Waals surface area contributed by atoms with Crippen LogP contribution in [0.3, 0.4) is 0 Å². The summed E-state index contributed by atoms with van der Waals surface area (Å²) in [6.07, 6.45) is 0. The van der Waals surface area contributed by atoms with Gasteiger partial charge in [0.05, 0.1) is 23.2 Å². The molecule has 5 rings (SSSR count). The van der Waals surface area contributed by atoms with Gasteiger partial charge in [0, 0.05) is 16.8 Å². The van der Waals surface area contributed by atoms with Crippen molar-refractivity contribution in [1.29, 1.82) is 0 Å². The van der Waals surface area contributed by atoms with Crippen LogP contribution in [0.25, 0.3) is 10.9 Å². The minimum atomic E-state index is -0.231. The molecule has 0 saturated heterocycles. The zero-order valence-corrected chi connectivity index (χ0v) is 18.9. The fourth-order valence-electron chi connectivity index (χ4n) is 3.50. The van der Waals surface area contributed by atoms with Crippen LogP contribution in [0.5, 0.6) is 11.5 Å². The molecule has 33 heavy (non-hydrogen) atoms. The molecule has 1 aromatic heterocycles. The zero-order valence-electron chi connectivity index (χ0n) is 17.3. The molecule has 0 unspecified atom stereocenters. The molecule has 166 valence electrons. The number of thioether (sulfide) groups is 1. The summed E-state index contributed by atoms with van der Waals surface area (Å²) in [7, 11) is 0. The van der Waals surface area contributed by atoms with Gasteiger partial charge in [0.15, 0.2) is 16.7 Å². The number of fused-ring (bicyclic) bond motifs is 2. The molecule has 1 aliphatic heterocycles. The molecule has 0 aliphatic carbocycles. The molecule has 0 saturated carbocycles. The van der Waals surface area contributed by atoms with Crippen LogP contribution in [0, 0.1) is 0 Å². The van der Waals surface area contributed by atoms with Crippen molar-refractivity contribution < 1.29 is 14.3 Å². The molecule has 1 aliphatic rings. The molecule has 1 N–H and O–H groups in total. The predicted molar refractivity (Wildman–Crippen MR) is 128 cm³/mol. The van der Waals surface area contributed by atoms with E-state index in [2.05, 4.69) is 10.3 Å². The topological polar surface area (TPSA) is 82.5 Å². The average molecular weight is 480 g/mol. The Morgan fingerprint density at radius 1 is 1.06 bits per heavy atom. The van der Waals surface area contributed by atoms with Crippen LogP contribution < -0.4 is 20.3 Å². The quantitative estimate of drug-likeness (QED) is 0.322. The van der Waals surface area contributed by atoms with Crippen LogP contribution in [-0.2, 0) is 11.3 Å². The number of aromatic nitrogens is 2. The number of hydrogen-bond donors (Lipinski definition) is 1. The number of rotatable bonds is 6. The average Bonchev–Trinajstić information content (AvgIpc) is 3.29. The maximum atomic E-state index is 13.2. The number of carbonyl (C=O) groups excluding carboxylic acids is 1. The largest absolute Gasteiger partial charge is 0.454 e. The first-order valence-corrected chi connectivity index (χ1v) is 11.5. The van der Waals surface area contributed by atoms with Gasteiger partial charge in [-0.1, -0.05) is 53.7 Å². The zero-order chi connectivity index (χ0) is 22.8. The van der Waals surface area contributed by atoms with Crippen LogP contribution >= 0.6 is 23.4 Å². The van der Waals surface area contributed by atoms with Crippen LogP contribution in [-0.4, -0.2) is 28.0 Å². The Hall–Kier alpha value is -3.49. The molecule has 0 fully saturated rings. The van der Waals surface area contributed by atoms with Gasteiger partial charge in [-0.05, 0) is 35.9 Å². The maximum Gasteiger partial charge on any atom is 0.262 e. The number of anilines is 1. The molecular weight excluding hydrogens is 462 g/mol. The number of carbonyl (C=O) groups is 1. The van der Waals surface area contributed by atoms with Crippen molar-refractivity contribution in [2.75, 3.05) is 17.9 Å². The molecule has 9 heteroatoms. The van der Waals surface area contributed by atoms with Crippen LogP contribution in [0.1, 0.15) is 5.56 Å². The lowest BCUT2D eigenvalue weighted by Crippen LogP contribution is -2.25. The van der Waals surface area contributed by atoms with Gasteiger partial charge in [-0.2, -0.15) is 0 Å².